The van der Waals surface area contributed by atoms with Crippen LogP contribution in [0.4, 0.5) is 0 Å². The van der Waals surface area contributed by atoms with E-state index in [1.807, 2.05) is 6.08 Å². The molecule has 1 saturated heterocycles. The Morgan fingerprint density at radius 2 is 0.793 bits per heavy atom. The van der Waals surface area contributed by atoms with Crippen molar-refractivity contribution in [2.45, 2.75) is 372 Å². The molecule has 1 fully saturated rings. The first-order chi connectivity index (χ1) is 42.7. The van der Waals surface area contributed by atoms with Gasteiger partial charge in [-0.2, -0.15) is 0 Å². The van der Waals surface area contributed by atoms with Crippen molar-refractivity contribution >= 4 is 11.9 Å². The summed E-state index contributed by atoms with van der Waals surface area (Å²) in [6.07, 6.45) is 73.4. The van der Waals surface area contributed by atoms with Crippen LogP contribution in [-0.4, -0.2) is 99.6 Å². The monoisotopic (exact) mass is 1220 g/mol. The summed E-state index contributed by atoms with van der Waals surface area (Å²) in [5, 5.41) is 57.2. The van der Waals surface area contributed by atoms with Crippen molar-refractivity contribution in [1.82, 2.24) is 5.32 Å². The van der Waals surface area contributed by atoms with Gasteiger partial charge in [-0.3, -0.25) is 9.59 Å². The van der Waals surface area contributed by atoms with Crippen LogP contribution in [0.5, 0.6) is 0 Å². The Kier molecular flexibility index (Phi) is 59.3. The van der Waals surface area contributed by atoms with Crippen LogP contribution in [0.3, 0.4) is 0 Å². The maximum absolute atomic E-state index is 13.5. The number of carbonyl (C=O) groups is 2. The fourth-order valence-electron chi connectivity index (χ4n) is 11.0. The highest BCUT2D eigenvalue weighted by atomic mass is 16.7. The second-order valence-electron chi connectivity index (χ2n) is 25.0. The van der Waals surface area contributed by atoms with Crippen LogP contribution < -0.4 is 5.32 Å². The van der Waals surface area contributed by atoms with E-state index in [4.69, 9.17) is 14.2 Å². The molecule has 1 amide bonds. The number of ether oxygens (including phenoxy) is 3. The normalized spacial score (nSPS) is 18.7. The molecule has 0 spiro atoms. The zero-order valence-electron chi connectivity index (χ0n) is 56.1. The number of rotatable bonds is 62. The summed E-state index contributed by atoms with van der Waals surface area (Å²) in [7, 11) is 0. The van der Waals surface area contributed by atoms with Crippen LogP contribution in [-0.2, 0) is 23.8 Å². The van der Waals surface area contributed by atoms with Crippen molar-refractivity contribution in [3.8, 4) is 0 Å². The highest BCUT2D eigenvalue weighted by molar-refractivity contribution is 5.80. The highest BCUT2D eigenvalue weighted by Gasteiger charge is 2.47. The lowest BCUT2D eigenvalue weighted by Crippen LogP contribution is -2.61. The lowest BCUT2D eigenvalue weighted by Gasteiger charge is -2.41. The van der Waals surface area contributed by atoms with E-state index >= 15 is 0 Å². The van der Waals surface area contributed by atoms with E-state index in [0.717, 1.165) is 83.5 Å². The molecule has 0 aromatic rings. The number of unbranched alkanes of at least 4 members (excludes halogenated alkanes) is 36. The molecule has 8 unspecified atom stereocenters. The van der Waals surface area contributed by atoms with Gasteiger partial charge in [-0.1, -0.05) is 298 Å². The summed E-state index contributed by atoms with van der Waals surface area (Å²) in [6, 6.07) is -1.04. The fourth-order valence-corrected chi connectivity index (χ4v) is 11.0. The van der Waals surface area contributed by atoms with Gasteiger partial charge in [-0.15, -0.1) is 0 Å². The van der Waals surface area contributed by atoms with Crippen molar-refractivity contribution in [2.75, 3.05) is 13.2 Å². The summed E-state index contributed by atoms with van der Waals surface area (Å²) < 4.78 is 17.7. The van der Waals surface area contributed by atoms with Gasteiger partial charge in [-0.25, -0.2) is 0 Å². The molecule has 11 nitrogen and oxygen atoms in total. The Labute approximate surface area is 533 Å². The van der Waals surface area contributed by atoms with Crippen LogP contribution in [0.15, 0.2) is 85.1 Å². The van der Waals surface area contributed by atoms with Crippen molar-refractivity contribution < 1.29 is 49.3 Å². The van der Waals surface area contributed by atoms with Crippen molar-refractivity contribution in [2.24, 2.45) is 0 Å². The second-order valence-corrected chi connectivity index (χ2v) is 25.0. The molecule has 0 radical (unpaired) electrons. The van der Waals surface area contributed by atoms with Crippen LogP contribution in [0, 0.1) is 0 Å². The second kappa shape index (κ2) is 63.0. The lowest BCUT2D eigenvalue weighted by molar-refractivity contribution is -0.305. The molecule has 0 aromatic heterocycles. The van der Waals surface area contributed by atoms with Gasteiger partial charge in [0, 0.05) is 6.42 Å². The van der Waals surface area contributed by atoms with E-state index in [2.05, 4.69) is 99.0 Å². The average Bonchev–Trinajstić information content (AvgIpc) is 2.75. The summed E-state index contributed by atoms with van der Waals surface area (Å²) in [4.78, 5) is 26.7. The van der Waals surface area contributed by atoms with Gasteiger partial charge < -0.3 is 45.1 Å². The number of hydrogen-bond acceptors (Lipinski definition) is 10. The number of carbonyl (C=O) groups excluding carboxylic acids is 2. The zero-order valence-corrected chi connectivity index (χ0v) is 56.1. The summed E-state index contributed by atoms with van der Waals surface area (Å²) in [6.45, 7) is 5.75. The molecule has 8 atom stereocenters. The number of amides is 1. The molecular weight excluding hydrogens is 1090 g/mol. The molecule has 1 heterocycles. The lowest BCUT2D eigenvalue weighted by atomic mass is 9.99. The van der Waals surface area contributed by atoms with Gasteiger partial charge in [0.05, 0.1) is 25.4 Å². The molecule has 0 bridgehead atoms. The molecule has 1 aliphatic heterocycles. The van der Waals surface area contributed by atoms with Gasteiger partial charge in [0.1, 0.15) is 24.4 Å². The summed E-state index contributed by atoms with van der Waals surface area (Å²) in [5.74, 6) is -1.22. The predicted octanol–water partition coefficient (Wildman–Crippen LogP) is 18.8. The molecule has 0 aliphatic carbocycles. The first-order valence-corrected chi connectivity index (χ1v) is 36.4. The van der Waals surface area contributed by atoms with E-state index < -0.39 is 67.4 Å². The van der Waals surface area contributed by atoms with Crippen molar-refractivity contribution in [1.29, 1.82) is 0 Å². The van der Waals surface area contributed by atoms with E-state index in [1.165, 1.54) is 193 Å². The van der Waals surface area contributed by atoms with Gasteiger partial charge in [0.2, 0.25) is 5.91 Å². The number of allylic oxidation sites excluding steroid dienone is 13. The number of nitrogens with one attached hydrogen (secondary N) is 1. The Bertz CT molecular complexity index is 1740. The van der Waals surface area contributed by atoms with E-state index in [-0.39, 0.29) is 19.4 Å². The first kappa shape index (κ1) is 81.9. The topological polar surface area (TPSA) is 175 Å². The SMILES string of the molecule is CCCCC/C=C\C/C=C\C/C=C\C/C=C\CCCCC(O)C(=O)NC(COC1OC(CO)C(O)C(O)C1OC(=O)CCCCCCCCCCCCCCCCCCC/C=C\C/C=C\CCCCC)C(O)/C=C/CCCCCCCCCCCCC. The number of hydrogen-bond donors (Lipinski definition) is 6. The number of aliphatic hydroxyl groups is 5. The molecule has 1 aliphatic rings. The Hall–Kier alpha value is -3.16. The molecule has 0 saturated carbocycles. The van der Waals surface area contributed by atoms with Gasteiger partial charge in [0.15, 0.2) is 12.4 Å². The van der Waals surface area contributed by atoms with Crippen LogP contribution >= 0.6 is 0 Å². The third-order valence-corrected chi connectivity index (χ3v) is 16.8. The van der Waals surface area contributed by atoms with Crippen LogP contribution in [0.25, 0.3) is 0 Å². The Morgan fingerprint density at radius 3 is 1.21 bits per heavy atom. The quantitative estimate of drug-likeness (QED) is 0.0195. The largest absolute Gasteiger partial charge is 0.454 e. The third kappa shape index (κ3) is 50.2. The van der Waals surface area contributed by atoms with Gasteiger partial charge in [0.25, 0.3) is 0 Å². The molecular formula is C76H135NO10. The van der Waals surface area contributed by atoms with Crippen molar-refractivity contribution in [3.63, 3.8) is 0 Å². The summed E-state index contributed by atoms with van der Waals surface area (Å²) >= 11 is 0. The molecule has 0 aromatic carbocycles. The maximum atomic E-state index is 13.5. The number of aliphatic hydroxyl groups excluding tert-OH is 5. The first-order valence-electron chi connectivity index (χ1n) is 36.4. The molecule has 504 valence electrons. The minimum Gasteiger partial charge on any atom is -0.454 e. The average molecular weight is 1220 g/mol. The Balaban J connectivity index is 2.57. The van der Waals surface area contributed by atoms with Gasteiger partial charge in [-0.05, 0) is 103 Å². The molecule has 6 N–H and O–H groups in total. The summed E-state index contributed by atoms with van der Waals surface area (Å²) in [5.41, 5.74) is 0. The van der Waals surface area contributed by atoms with Gasteiger partial charge >= 0.3 is 5.97 Å². The van der Waals surface area contributed by atoms with E-state index in [0.29, 0.717) is 12.8 Å². The Morgan fingerprint density at radius 1 is 0.448 bits per heavy atom. The minimum atomic E-state index is -1.62. The third-order valence-electron chi connectivity index (χ3n) is 16.8. The molecule has 87 heavy (non-hydrogen) atoms. The smallest absolute Gasteiger partial charge is 0.306 e. The number of esters is 1. The predicted molar refractivity (Wildman–Crippen MR) is 366 cm³/mol. The standard InChI is InChI=1S/C76H135NO10/c1-4-7-10-13-16-19-22-25-27-29-31-32-33-34-35-36-37-38-39-41-43-46-49-52-55-58-61-64-71(81)87-74-73(83)72(82)70(65-78)86-76(74)85-66-67(68(79)62-59-56-53-50-47-44-24-21-18-15-12-9-6-3)77-75(84)69(80)63-60-57-54-51-48-45-42-40-30-28-26-23-20-17-14-11-8-5-2/h16-17,19-20,25-28,40,42,48,51,59,62,67-70,72-74,76,78-80,82-83H,4-15,18,21-24,29-39,41,43-47,49-50,52-58,60-61,63-66H2,1-3H3,(H,77,84)/b19-16-,20-17-,27-25-,28-26-,42-40-,51-48-,62-59+. The van der Waals surface area contributed by atoms with E-state index in [1.54, 1.807) is 6.08 Å². The highest BCUT2D eigenvalue weighted by Crippen LogP contribution is 2.26. The molecule has 11 heteroatoms. The van der Waals surface area contributed by atoms with Crippen LogP contribution in [0.1, 0.15) is 323 Å². The molecule has 1 rings (SSSR count). The van der Waals surface area contributed by atoms with E-state index in [9.17, 15) is 35.1 Å². The fraction of sp³-hybridized carbons (Fsp3) is 0.789. The zero-order chi connectivity index (χ0) is 63.1. The van der Waals surface area contributed by atoms with Crippen molar-refractivity contribution in [3.05, 3.63) is 85.1 Å². The van der Waals surface area contributed by atoms with Crippen LogP contribution in [0.2, 0.25) is 0 Å². The maximum Gasteiger partial charge on any atom is 0.306 e. The minimum absolute atomic E-state index is 0.118.